The van der Waals surface area contributed by atoms with Crippen LogP contribution >= 0.6 is 11.5 Å². The van der Waals surface area contributed by atoms with Gasteiger partial charge in [-0.25, -0.2) is 0 Å². The highest BCUT2D eigenvalue weighted by Crippen LogP contribution is 2.23. The van der Waals surface area contributed by atoms with Crippen LogP contribution in [0.5, 0.6) is 0 Å². The van der Waals surface area contributed by atoms with Crippen molar-refractivity contribution in [3.8, 4) is 0 Å². The third kappa shape index (κ3) is 4.45. The highest BCUT2D eigenvalue weighted by atomic mass is 32.1. The second kappa shape index (κ2) is 7.63. The number of hydrogen-bond donors (Lipinski definition) is 1. The molecule has 3 rings (SSSR count). The first-order chi connectivity index (χ1) is 11.2. The zero-order valence-corrected chi connectivity index (χ0v) is 14.2. The van der Waals surface area contributed by atoms with Crippen LogP contribution in [0.2, 0.25) is 0 Å². The number of carbonyl (C=O) groups excluding carboxylic acids is 1. The number of aromatic nitrogens is 2. The van der Waals surface area contributed by atoms with Gasteiger partial charge in [-0.3, -0.25) is 14.6 Å². The number of nitrogens with one attached hydrogen (secondary N) is 1. The van der Waals surface area contributed by atoms with E-state index in [-0.39, 0.29) is 11.5 Å². The van der Waals surface area contributed by atoms with Crippen molar-refractivity contribution in [1.29, 1.82) is 0 Å². The Labute approximate surface area is 139 Å². The zero-order valence-electron chi connectivity index (χ0n) is 13.4. The van der Waals surface area contributed by atoms with Gasteiger partial charge in [0.15, 0.2) is 0 Å². The number of nitrogens with zero attached hydrogens (tertiary/aromatic N) is 4. The summed E-state index contributed by atoms with van der Waals surface area (Å²) in [5.74, 6) is 0.0169. The van der Waals surface area contributed by atoms with Gasteiger partial charge in [-0.1, -0.05) is 4.49 Å². The summed E-state index contributed by atoms with van der Waals surface area (Å²) in [5, 5.41) is 8.77. The van der Waals surface area contributed by atoms with E-state index >= 15 is 0 Å². The highest BCUT2D eigenvalue weighted by Gasteiger charge is 2.40. The predicted molar refractivity (Wildman–Crippen MR) is 85.2 cm³/mol. The summed E-state index contributed by atoms with van der Waals surface area (Å²) in [6.07, 6.45) is 0. The Morgan fingerprint density at radius 1 is 1.39 bits per heavy atom. The second-order valence-corrected chi connectivity index (χ2v) is 6.68. The third-order valence-corrected chi connectivity index (χ3v) is 4.75. The van der Waals surface area contributed by atoms with Gasteiger partial charge in [0, 0.05) is 45.2 Å². The van der Waals surface area contributed by atoms with Crippen LogP contribution in [-0.4, -0.2) is 90.5 Å². The fourth-order valence-electron chi connectivity index (χ4n) is 3.12. The quantitative estimate of drug-likeness (QED) is 0.767. The van der Waals surface area contributed by atoms with E-state index in [1.165, 1.54) is 11.5 Å². The molecule has 2 aliphatic heterocycles. The minimum absolute atomic E-state index is 0.0169. The molecule has 2 aliphatic rings. The molecule has 23 heavy (non-hydrogen) atoms. The van der Waals surface area contributed by atoms with Crippen molar-refractivity contribution in [2.45, 2.75) is 12.1 Å². The van der Waals surface area contributed by atoms with Crippen molar-refractivity contribution in [2.24, 2.45) is 0 Å². The number of carbonyl (C=O) groups is 1. The molecule has 128 valence electrons. The Kier molecular flexibility index (Phi) is 5.54. The van der Waals surface area contributed by atoms with E-state index in [1.807, 2.05) is 5.38 Å². The molecule has 1 unspecified atom stereocenters. The first-order valence-electron chi connectivity index (χ1n) is 7.82. The van der Waals surface area contributed by atoms with E-state index < -0.39 is 0 Å². The molecule has 1 aromatic heterocycles. The maximum absolute atomic E-state index is 11.7. The van der Waals surface area contributed by atoms with E-state index in [1.54, 1.807) is 7.05 Å². The fourth-order valence-corrected chi connectivity index (χ4v) is 3.57. The Morgan fingerprint density at radius 3 is 3.00 bits per heavy atom. The average molecular weight is 341 g/mol. The maximum atomic E-state index is 11.7. The van der Waals surface area contributed by atoms with Crippen LogP contribution in [0.15, 0.2) is 5.38 Å². The van der Waals surface area contributed by atoms with E-state index in [0.717, 1.165) is 31.9 Å². The molecule has 1 spiro atoms. The summed E-state index contributed by atoms with van der Waals surface area (Å²) in [7, 11) is 1.66. The van der Waals surface area contributed by atoms with Crippen LogP contribution in [0.25, 0.3) is 0 Å². The molecule has 2 saturated heterocycles. The molecule has 0 bridgehead atoms. The Balaban J connectivity index is 1.64. The van der Waals surface area contributed by atoms with Crippen LogP contribution in [0.4, 0.5) is 0 Å². The summed E-state index contributed by atoms with van der Waals surface area (Å²) in [6.45, 7) is 6.08. The van der Waals surface area contributed by atoms with Gasteiger partial charge < -0.3 is 14.8 Å². The largest absolute Gasteiger partial charge is 0.377 e. The Hall–Kier alpha value is -1.13. The zero-order chi connectivity index (χ0) is 16.1. The summed E-state index contributed by atoms with van der Waals surface area (Å²) in [5.41, 5.74) is 0.607. The fraction of sp³-hybridized carbons (Fsp3) is 0.786. The molecule has 2 fully saturated rings. The van der Waals surface area contributed by atoms with Crippen LogP contribution in [0.3, 0.4) is 0 Å². The second-order valence-electron chi connectivity index (χ2n) is 6.07. The number of likely N-dealkylation sites (N-methyl/N-ethyl adjacent to an activating group) is 1. The van der Waals surface area contributed by atoms with Gasteiger partial charge in [-0.05, 0) is 11.5 Å². The van der Waals surface area contributed by atoms with Gasteiger partial charge in [-0.15, -0.1) is 5.10 Å². The number of morpholine rings is 1. The van der Waals surface area contributed by atoms with Crippen LogP contribution in [0.1, 0.15) is 5.69 Å². The topological polar surface area (TPSA) is 79.8 Å². The molecule has 9 heteroatoms. The van der Waals surface area contributed by atoms with Crippen LogP contribution in [-0.2, 0) is 20.8 Å². The van der Waals surface area contributed by atoms with Crippen molar-refractivity contribution in [3.05, 3.63) is 11.1 Å². The standard InChI is InChI=1S/C14H23N5O3S/c1-15-13(20)7-19-2-4-21-11-14(10-19)9-18(3-5-22-14)6-12-8-23-17-16-12/h8H,2-7,9-11H2,1H3,(H,15,20). The first kappa shape index (κ1) is 16.7. The van der Waals surface area contributed by atoms with Crippen LogP contribution < -0.4 is 5.32 Å². The summed E-state index contributed by atoms with van der Waals surface area (Å²) in [6, 6.07) is 0. The Morgan fingerprint density at radius 2 is 2.22 bits per heavy atom. The number of rotatable bonds is 4. The molecule has 0 aromatic carbocycles. The van der Waals surface area contributed by atoms with E-state index in [4.69, 9.17) is 9.47 Å². The molecule has 0 aliphatic carbocycles. The van der Waals surface area contributed by atoms with Crippen molar-refractivity contribution in [2.75, 3.05) is 59.6 Å². The molecule has 1 aromatic rings. The van der Waals surface area contributed by atoms with E-state index in [2.05, 4.69) is 24.7 Å². The molecular formula is C14H23N5O3S. The lowest BCUT2D eigenvalue weighted by Gasteiger charge is -2.43. The van der Waals surface area contributed by atoms with Gasteiger partial charge in [-0.2, -0.15) is 0 Å². The molecule has 1 N–H and O–H groups in total. The van der Waals surface area contributed by atoms with Gasteiger partial charge in [0.2, 0.25) is 5.91 Å². The lowest BCUT2D eigenvalue weighted by molar-refractivity contribution is -0.144. The molecule has 0 radical (unpaired) electrons. The highest BCUT2D eigenvalue weighted by molar-refractivity contribution is 7.03. The molecule has 3 heterocycles. The lowest BCUT2D eigenvalue weighted by atomic mass is 10.0. The van der Waals surface area contributed by atoms with Crippen molar-refractivity contribution in [3.63, 3.8) is 0 Å². The third-order valence-electron chi connectivity index (χ3n) is 4.19. The molecule has 0 saturated carbocycles. The van der Waals surface area contributed by atoms with E-state index in [9.17, 15) is 4.79 Å². The smallest absolute Gasteiger partial charge is 0.233 e. The molecular weight excluding hydrogens is 318 g/mol. The van der Waals surface area contributed by atoms with Crippen molar-refractivity contribution >= 4 is 17.4 Å². The summed E-state index contributed by atoms with van der Waals surface area (Å²) < 4.78 is 15.8. The maximum Gasteiger partial charge on any atom is 0.233 e. The minimum atomic E-state index is -0.383. The van der Waals surface area contributed by atoms with Crippen LogP contribution in [0, 0.1) is 0 Å². The van der Waals surface area contributed by atoms with Crippen molar-refractivity contribution in [1.82, 2.24) is 24.7 Å². The Bertz CT molecular complexity index is 515. The predicted octanol–water partition coefficient (Wildman–Crippen LogP) is -0.813. The molecule has 8 nitrogen and oxygen atoms in total. The molecule has 1 atom stereocenters. The lowest BCUT2D eigenvalue weighted by Crippen LogP contribution is -2.59. The number of amides is 1. The average Bonchev–Trinajstić information content (AvgIpc) is 2.97. The van der Waals surface area contributed by atoms with Gasteiger partial charge in [0.1, 0.15) is 5.60 Å². The first-order valence-corrected chi connectivity index (χ1v) is 8.66. The van der Waals surface area contributed by atoms with Crippen molar-refractivity contribution < 1.29 is 14.3 Å². The SMILES string of the molecule is CNC(=O)CN1CCOCC2(C1)CN(Cc1csnn1)CCO2. The monoisotopic (exact) mass is 341 g/mol. The van der Waals surface area contributed by atoms with E-state index in [0.29, 0.717) is 32.9 Å². The molecule has 1 amide bonds. The summed E-state index contributed by atoms with van der Waals surface area (Å²) in [4.78, 5) is 16.1. The summed E-state index contributed by atoms with van der Waals surface area (Å²) >= 11 is 1.37. The van der Waals surface area contributed by atoms with Gasteiger partial charge in [0.05, 0.1) is 32.1 Å². The normalized spacial score (nSPS) is 27.0. The number of hydrogen-bond acceptors (Lipinski definition) is 8. The van der Waals surface area contributed by atoms with Gasteiger partial charge in [0.25, 0.3) is 0 Å². The minimum Gasteiger partial charge on any atom is -0.377 e. The number of ether oxygens (including phenoxy) is 2. The van der Waals surface area contributed by atoms with Gasteiger partial charge >= 0.3 is 0 Å².